The molecule has 1 heterocycles. The zero-order valence-corrected chi connectivity index (χ0v) is 14.2. The molecule has 0 atom stereocenters. The molecule has 1 aromatic heterocycles. The molecule has 0 amide bonds. The Hall–Kier alpha value is -1.98. The van der Waals surface area contributed by atoms with Gasteiger partial charge in [-0.05, 0) is 29.8 Å². The van der Waals surface area contributed by atoms with Crippen LogP contribution in [0, 0.1) is 0 Å². The van der Waals surface area contributed by atoms with E-state index < -0.39 is 0 Å². The molecule has 0 bridgehead atoms. The van der Waals surface area contributed by atoms with Gasteiger partial charge in [0.2, 0.25) is 0 Å². The van der Waals surface area contributed by atoms with Crippen molar-refractivity contribution in [1.29, 1.82) is 0 Å². The van der Waals surface area contributed by atoms with Gasteiger partial charge in [0.25, 0.3) is 0 Å². The molecule has 0 saturated carbocycles. The van der Waals surface area contributed by atoms with Crippen molar-refractivity contribution in [1.82, 2.24) is 15.6 Å². The number of aromatic nitrogens is 1. The number of guanidine groups is 1. The van der Waals surface area contributed by atoms with Crippen LogP contribution in [-0.4, -0.2) is 31.1 Å². The highest BCUT2D eigenvalue weighted by atomic mass is 35.5. The van der Waals surface area contributed by atoms with Gasteiger partial charge in [-0.2, -0.15) is 0 Å². The fourth-order valence-electron chi connectivity index (χ4n) is 1.84. The zero-order chi connectivity index (χ0) is 16.5. The first-order chi connectivity index (χ1) is 11.2. The van der Waals surface area contributed by atoms with Crippen LogP contribution >= 0.6 is 23.2 Å². The number of pyridine rings is 1. The molecule has 0 aliphatic heterocycles. The molecule has 122 valence electrons. The summed E-state index contributed by atoms with van der Waals surface area (Å²) in [5, 5.41) is 7.60. The molecular formula is C16H18Cl2N4O. The first-order valence-corrected chi connectivity index (χ1v) is 7.86. The van der Waals surface area contributed by atoms with E-state index in [0.29, 0.717) is 35.7 Å². The minimum atomic E-state index is 0.508. The highest BCUT2D eigenvalue weighted by Gasteiger charge is 2.03. The highest BCUT2D eigenvalue weighted by molar-refractivity contribution is 6.35. The zero-order valence-electron chi connectivity index (χ0n) is 12.7. The lowest BCUT2D eigenvalue weighted by Gasteiger charge is -2.13. The number of aliphatic imine (C=N–C) groups is 1. The summed E-state index contributed by atoms with van der Waals surface area (Å²) in [4.78, 5) is 8.14. The van der Waals surface area contributed by atoms with Crippen molar-refractivity contribution in [2.24, 2.45) is 4.99 Å². The summed E-state index contributed by atoms with van der Waals surface area (Å²) in [6, 6.07) is 9.11. The maximum Gasteiger partial charge on any atom is 0.191 e. The van der Waals surface area contributed by atoms with Gasteiger partial charge in [0.15, 0.2) is 5.96 Å². The van der Waals surface area contributed by atoms with E-state index in [1.54, 1.807) is 25.5 Å². The Kier molecular flexibility index (Phi) is 6.97. The fraction of sp³-hybridized carbons (Fsp3) is 0.250. The summed E-state index contributed by atoms with van der Waals surface area (Å²) >= 11 is 12.0. The number of hydrogen-bond donors (Lipinski definition) is 2. The van der Waals surface area contributed by atoms with Crippen molar-refractivity contribution in [3.8, 4) is 5.75 Å². The Balaban J connectivity index is 1.73. The number of hydrogen-bond acceptors (Lipinski definition) is 3. The molecule has 0 aliphatic rings. The van der Waals surface area contributed by atoms with Crippen molar-refractivity contribution < 1.29 is 4.74 Å². The maximum atomic E-state index is 6.14. The average molecular weight is 353 g/mol. The van der Waals surface area contributed by atoms with Crippen molar-refractivity contribution >= 4 is 29.2 Å². The summed E-state index contributed by atoms with van der Waals surface area (Å²) < 4.78 is 5.55. The second-order valence-corrected chi connectivity index (χ2v) is 5.47. The van der Waals surface area contributed by atoms with Crippen LogP contribution in [0.15, 0.2) is 47.7 Å². The SMILES string of the molecule is CN=C(NCCOc1cccnc1)NCc1ccc(Cl)cc1Cl. The molecule has 7 heteroatoms. The van der Waals surface area contributed by atoms with Crippen molar-refractivity contribution in [2.75, 3.05) is 20.2 Å². The molecule has 2 N–H and O–H groups in total. The van der Waals surface area contributed by atoms with E-state index >= 15 is 0 Å². The van der Waals surface area contributed by atoms with E-state index in [4.69, 9.17) is 27.9 Å². The highest BCUT2D eigenvalue weighted by Crippen LogP contribution is 2.20. The Labute approximate surface area is 145 Å². The average Bonchev–Trinajstić information content (AvgIpc) is 2.56. The van der Waals surface area contributed by atoms with Crippen LogP contribution in [0.2, 0.25) is 10.0 Å². The molecule has 23 heavy (non-hydrogen) atoms. The minimum Gasteiger partial charge on any atom is -0.490 e. The van der Waals surface area contributed by atoms with Crippen LogP contribution < -0.4 is 15.4 Å². The van der Waals surface area contributed by atoms with E-state index in [0.717, 1.165) is 11.3 Å². The summed E-state index contributed by atoms with van der Waals surface area (Å²) in [6.45, 7) is 1.68. The summed E-state index contributed by atoms with van der Waals surface area (Å²) in [6.07, 6.45) is 3.38. The number of ether oxygens (including phenoxy) is 1. The fourth-order valence-corrected chi connectivity index (χ4v) is 2.31. The van der Waals surface area contributed by atoms with E-state index in [1.165, 1.54) is 0 Å². The number of nitrogens with zero attached hydrogens (tertiary/aromatic N) is 2. The molecule has 0 aliphatic carbocycles. The van der Waals surface area contributed by atoms with Crippen LogP contribution in [0.3, 0.4) is 0 Å². The first-order valence-electron chi connectivity index (χ1n) is 7.10. The van der Waals surface area contributed by atoms with Crippen LogP contribution in [-0.2, 0) is 6.54 Å². The summed E-state index contributed by atoms with van der Waals surface area (Å²) in [7, 11) is 1.71. The number of benzene rings is 1. The predicted octanol–water partition coefficient (Wildman–Crippen LogP) is 3.13. The topological polar surface area (TPSA) is 58.5 Å². The van der Waals surface area contributed by atoms with Gasteiger partial charge in [-0.15, -0.1) is 0 Å². The second kappa shape index (κ2) is 9.22. The first kappa shape index (κ1) is 17.4. The molecule has 0 radical (unpaired) electrons. The van der Waals surface area contributed by atoms with Crippen molar-refractivity contribution in [3.63, 3.8) is 0 Å². The Morgan fingerprint density at radius 2 is 2.13 bits per heavy atom. The van der Waals surface area contributed by atoms with Crippen LogP contribution in [0.1, 0.15) is 5.56 Å². The second-order valence-electron chi connectivity index (χ2n) is 4.63. The maximum absolute atomic E-state index is 6.14. The third kappa shape index (κ3) is 5.96. The summed E-state index contributed by atoms with van der Waals surface area (Å²) in [5.41, 5.74) is 0.950. The number of halogens is 2. The number of rotatable bonds is 6. The lowest BCUT2D eigenvalue weighted by molar-refractivity contribution is 0.320. The van der Waals surface area contributed by atoms with E-state index in [9.17, 15) is 0 Å². The number of nitrogens with one attached hydrogen (secondary N) is 2. The molecular weight excluding hydrogens is 335 g/mol. The lowest BCUT2D eigenvalue weighted by atomic mass is 10.2. The molecule has 0 fully saturated rings. The monoisotopic (exact) mass is 352 g/mol. The Morgan fingerprint density at radius 3 is 2.83 bits per heavy atom. The molecule has 2 rings (SSSR count). The molecule has 0 spiro atoms. The Bertz CT molecular complexity index is 650. The lowest BCUT2D eigenvalue weighted by Crippen LogP contribution is -2.38. The molecule has 1 aromatic carbocycles. The largest absolute Gasteiger partial charge is 0.490 e. The molecule has 0 unspecified atom stereocenters. The van der Waals surface area contributed by atoms with Gasteiger partial charge in [0, 0.05) is 29.8 Å². The normalized spacial score (nSPS) is 11.2. The van der Waals surface area contributed by atoms with Gasteiger partial charge in [-0.25, -0.2) is 0 Å². The third-order valence-corrected chi connectivity index (χ3v) is 3.57. The van der Waals surface area contributed by atoms with Crippen molar-refractivity contribution in [2.45, 2.75) is 6.54 Å². The third-order valence-electron chi connectivity index (χ3n) is 2.98. The molecule has 2 aromatic rings. The minimum absolute atomic E-state index is 0.508. The standard InChI is InChI=1S/C16H18Cl2N4O/c1-19-16(21-7-8-23-14-3-2-6-20-11-14)22-10-12-4-5-13(17)9-15(12)18/h2-6,9,11H,7-8,10H2,1H3,(H2,19,21,22). The Morgan fingerprint density at radius 1 is 1.26 bits per heavy atom. The van der Waals surface area contributed by atoms with Gasteiger partial charge in [-0.1, -0.05) is 29.3 Å². The van der Waals surface area contributed by atoms with Gasteiger partial charge in [-0.3, -0.25) is 9.98 Å². The quantitative estimate of drug-likeness (QED) is 0.476. The van der Waals surface area contributed by atoms with Crippen molar-refractivity contribution in [3.05, 3.63) is 58.3 Å². The van der Waals surface area contributed by atoms with Crippen LogP contribution in [0.25, 0.3) is 0 Å². The van der Waals surface area contributed by atoms with E-state index in [1.807, 2.05) is 24.3 Å². The smallest absolute Gasteiger partial charge is 0.191 e. The van der Waals surface area contributed by atoms with Gasteiger partial charge >= 0.3 is 0 Å². The molecule has 0 saturated heterocycles. The van der Waals surface area contributed by atoms with Gasteiger partial charge < -0.3 is 15.4 Å². The molecule has 5 nitrogen and oxygen atoms in total. The van der Waals surface area contributed by atoms with Crippen LogP contribution in [0.5, 0.6) is 5.75 Å². The van der Waals surface area contributed by atoms with Gasteiger partial charge in [0.05, 0.1) is 12.7 Å². The summed E-state index contributed by atoms with van der Waals surface area (Å²) in [5.74, 6) is 1.41. The predicted molar refractivity (Wildman–Crippen MR) is 94.4 cm³/mol. The van der Waals surface area contributed by atoms with Gasteiger partial charge in [0.1, 0.15) is 12.4 Å². The van der Waals surface area contributed by atoms with Crippen LogP contribution in [0.4, 0.5) is 0 Å². The van der Waals surface area contributed by atoms with E-state index in [2.05, 4.69) is 20.6 Å². The van der Waals surface area contributed by atoms with E-state index in [-0.39, 0.29) is 0 Å².